The van der Waals surface area contributed by atoms with Crippen LogP contribution in [0.25, 0.3) is 10.9 Å². The second kappa shape index (κ2) is 11.6. The molecule has 2 aliphatic heterocycles. The third-order valence-electron chi connectivity index (χ3n) is 8.47. The van der Waals surface area contributed by atoms with Crippen molar-refractivity contribution in [3.05, 3.63) is 42.1 Å². The van der Waals surface area contributed by atoms with Gasteiger partial charge in [-0.05, 0) is 29.5 Å². The van der Waals surface area contributed by atoms with Gasteiger partial charge in [0.25, 0.3) is 0 Å². The highest BCUT2D eigenvalue weighted by molar-refractivity contribution is 6.00. The third kappa shape index (κ3) is 5.46. The summed E-state index contributed by atoms with van der Waals surface area (Å²) in [4.78, 5) is 19.2. The molecule has 3 heterocycles. The van der Waals surface area contributed by atoms with Gasteiger partial charge in [0.15, 0.2) is 6.29 Å². The van der Waals surface area contributed by atoms with Gasteiger partial charge in [0.05, 0.1) is 24.8 Å². The monoisotopic (exact) mass is 545 g/mol. The maximum Gasteiger partial charge on any atom is 0.243 e. The number of hydrogen-bond acceptors (Lipinski definition) is 8. The molecule has 2 aliphatic rings. The molecule has 6 N–H and O–H groups in total. The number of nitrogens with zero attached hydrogens (tertiary/aromatic N) is 1. The van der Waals surface area contributed by atoms with E-state index in [1.807, 2.05) is 19.3 Å². The largest absolute Gasteiger partial charge is 0.394 e. The Morgan fingerprint density at radius 2 is 1.97 bits per heavy atom. The minimum atomic E-state index is -1.54. The van der Waals surface area contributed by atoms with Crippen molar-refractivity contribution in [1.29, 1.82) is 0 Å². The summed E-state index contributed by atoms with van der Waals surface area (Å²) in [6.45, 7) is 11.8. The zero-order valence-electron chi connectivity index (χ0n) is 23.4. The molecule has 0 saturated carbocycles. The molecule has 10 heteroatoms. The zero-order chi connectivity index (χ0) is 28.6. The lowest BCUT2D eigenvalue weighted by Gasteiger charge is -2.40. The van der Waals surface area contributed by atoms with E-state index < -0.39 is 49.4 Å². The first-order valence-corrected chi connectivity index (χ1v) is 13.7. The summed E-state index contributed by atoms with van der Waals surface area (Å²) >= 11 is 0. The van der Waals surface area contributed by atoms with Crippen LogP contribution in [0.1, 0.15) is 45.2 Å². The number of amides is 1. The van der Waals surface area contributed by atoms with Gasteiger partial charge in [-0.25, -0.2) is 0 Å². The molecule has 1 amide bonds. The Bertz CT molecular complexity index is 1180. The summed E-state index contributed by atoms with van der Waals surface area (Å²) in [7, 11) is 1.95. The summed E-state index contributed by atoms with van der Waals surface area (Å²) in [5.41, 5.74) is 3.77. The van der Waals surface area contributed by atoms with Crippen molar-refractivity contribution in [2.24, 2.45) is 5.92 Å². The number of rotatable bonds is 8. The van der Waals surface area contributed by atoms with E-state index in [9.17, 15) is 25.2 Å². The first-order valence-electron chi connectivity index (χ1n) is 13.7. The molecule has 0 radical (unpaired) electrons. The number of aliphatic hydroxyl groups is 4. The Morgan fingerprint density at radius 3 is 2.62 bits per heavy atom. The van der Waals surface area contributed by atoms with E-state index in [-0.39, 0.29) is 23.8 Å². The Labute approximate surface area is 229 Å². The molecular formula is C29H43N3O7. The maximum absolute atomic E-state index is 13.7. The van der Waals surface area contributed by atoms with E-state index in [0.717, 1.165) is 34.1 Å². The predicted octanol–water partition coefficient (Wildman–Crippen LogP) is 1.34. The van der Waals surface area contributed by atoms with Crippen molar-refractivity contribution < 1.29 is 34.7 Å². The molecule has 4 rings (SSSR count). The molecule has 0 bridgehead atoms. The van der Waals surface area contributed by atoms with Crippen LogP contribution in [-0.4, -0.2) is 94.4 Å². The van der Waals surface area contributed by atoms with Crippen LogP contribution in [0, 0.1) is 5.92 Å². The van der Waals surface area contributed by atoms with Crippen molar-refractivity contribution in [3.8, 4) is 0 Å². The summed E-state index contributed by atoms with van der Waals surface area (Å²) in [5, 5.41) is 44.4. The normalized spacial score (nSPS) is 30.8. The summed E-state index contributed by atoms with van der Waals surface area (Å²) < 4.78 is 11.4. The van der Waals surface area contributed by atoms with Crippen LogP contribution in [-0.2, 0) is 26.1 Å². The van der Waals surface area contributed by atoms with Crippen LogP contribution >= 0.6 is 0 Å². The lowest BCUT2D eigenvalue weighted by Crippen LogP contribution is -2.60. The fourth-order valence-corrected chi connectivity index (χ4v) is 5.71. The second-order valence-electron chi connectivity index (χ2n) is 11.5. The fourth-order valence-electron chi connectivity index (χ4n) is 5.71. The zero-order valence-corrected chi connectivity index (χ0v) is 23.4. The number of benzene rings is 1. The van der Waals surface area contributed by atoms with E-state index >= 15 is 0 Å². The molecule has 1 saturated heterocycles. The number of ether oxygens (including phenoxy) is 2. The van der Waals surface area contributed by atoms with Crippen molar-refractivity contribution in [2.75, 3.05) is 25.2 Å². The number of aromatic nitrogens is 1. The lowest BCUT2D eigenvalue weighted by atomic mass is 9.83. The van der Waals surface area contributed by atoms with Crippen LogP contribution in [0.2, 0.25) is 0 Å². The summed E-state index contributed by atoms with van der Waals surface area (Å²) in [5.74, 6) is -0.0751. The van der Waals surface area contributed by atoms with Crippen molar-refractivity contribution >= 4 is 22.5 Å². The van der Waals surface area contributed by atoms with Crippen LogP contribution in [0.3, 0.4) is 0 Å². The number of allylic oxidation sites excluding steroid dienone is 1. The van der Waals surface area contributed by atoms with Gasteiger partial charge >= 0.3 is 0 Å². The minimum absolute atomic E-state index is 0.0226. The molecule has 2 aromatic rings. The van der Waals surface area contributed by atoms with E-state index in [4.69, 9.17) is 9.47 Å². The highest BCUT2D eigenvalue weighted by Crippen LogP contribution is 2.39. The lowest BCUT2D eigenvalue weighted by molar-refractivity contribution is -0.302. The Balaban J connectivity index is 1.72. The molecule has 0 unspecified atom stereocenters. The average molecular weight is 546 g/mol. The smallest absolute Gasteiger partial charge is 0.243 e. The first kappa shape index (κ1) is 29.5. The van der Waals surface area contributed by atoms with Gasteiger partial charge in [-0.15, -0.1) is 6.58 Å². The molecule has 0 aliphatic carbocycles. The number of hydrogen-bond donors (Lipinski definition) is 6. The quantitative estimate of drug-likeness (QED) is 0.273. The number of likely N-dealkylation sites (N-methyl/N-ethyl adjacent to an activating group) is 1. The Morgan fingerprint density at radius 1 is 1.26 bits per heavy atom. The Kier molecular flexibility index (Phi) is 8.75. The number of aromatic amines is 1. The number of nitrogens with one attached hydrogen (secondary N) is 2. The van der Waals surface area contributed by atoms with Gasteiger partial charge in [-0.2, -0.15) is 0 Å². The topological polar surface area (TPSA) is 148 Å². The molecule has 1 aromatic heterocycles. The fraction of sp³-hybridized carbons (Fsp3) is 0.621. The van der Waals surface area contributed by atoms with Crippen molar-refractivity contribution in [3.63, 3.8) is 0 Å². The van der Waals surface area contributed by atoms with Crippen LogP contribution in [0.4, 0.5) is 5.69 Å². The van der Waals surface area contributed by atoms with Crippen molar-refractivity contribution in [2.45, 2.75) is 88.7 Å². The standard InChI is InChI=1S/C29H43N3O7/c1-7-15(3)23-27(37)31-17(14-38-28-26(36)25(35)24(34)20(13-33)39-28)11-16-12-30-22-18(29(4,5)8-2)9-10-19(21(16)22)32(23)6/h8-10,12,15,17,20,23-26,28,30,33-36H,2,7,11,13-14H2,1,3-6H3,(H,31,37)/t15-,17+,20-,23+,24-,25+,26-,28+/m1/s1. The molecular weight excluding hydrogens is 502 g/mol. The highest BCUT2D eigenvalue weighted by Gasteiger charge is 2.44. The number of carbonyl (C=O) groups is 1. The number of aliphatic hydroxyl groups excluding tert-OH is 4. The molecule has 1 fully saturated rings. The molecule has 10 nitrogen and oxygen atoms in total. The van der Waals surface area contributed by atoms with E-state index in [1.165, 1.54) is 0 Å². The van der Waals surface area contributed by atoms with Gasteiger partial charge in [0.1, 0.15) is 30.5 Å². The van der Waals surface area contributed by atoms with Gasteiger partial charge in [-0.3, -0.25) is 4.79 Å². The molecule has 39 heavy (non-hydrogen) atoms. The van der Waals surface area contributed by atoms with Crippen LogP contribution in [0.15, 0.2) is 31.0 Å². The molecule has 8 atom stereocenters. The second-order valence-corrected chi connectivity index (χ2v) is 11.5. The van der Waals surface area contributed by atoms with Gasteiger partial charge in [-0.1, -0.05) is 46.3 Å². The number of H-pyrrole nitrogens is 1. The van der Waals surface area contributed by atoms with E-state index in [1.54, 1.807) is 0 Å². The third-order valence-corrected chi connectivity index (χ3v) is 8.47. The van der Waals surface area contributed by atoms with Gasteiger partial charge in [0.2, 0.25) is 5.91 Å². The van der Waals surface area contributed by atoms with Crippen molar-refractivity contribution in [1.82, 2.24) is 10.3 Å². The maximum atomic E-state index is 13.7. The van der Waals surface area contributed by atoms with Crippen LogP contribution in [0.5, 0.6) is 0 Å². The Hall–Kier alpha value is -2.47. The molecule has 216 valence electrons. The SMILES string of the molecule is C=CC(C)(C)c1ccc2c3c(c[nH]c13)C[C@@H](CO[C@H]1O[C@H](CO)[C@@H](O)[C@H](O)[C@H]1O)NC(=O)[C@H]([C@H](C)CC)N2C. The number of carbonyl (C=O) groups excluding carboxylic acids is 1. The number of anilines is 1. The molecule has 0 spiro atoms. The van der Waals surface area contributed by atoms with Gasteiger partial charge < -0.3 is 45.1 Å². The molecule has 1 aromatic carbocycles. The van der Waals surface area contributed by atoms with Crippen LogP contribution < -0.4 is 10.2 Å². The first-order chi connectivity index (χ1) is 18.4. The summed E-state index contributed by atoms with van der Waals surface area (Å²) in [6.07, 6.45) is -1.75. The average Bonchev–Trinajstić information content (AvgIpc) is 3.34. The minimum Gasteiger partial charge on any atom is -0.394 e. The van der Waals surface area contributed by atoms with Gasteiger partial charge in [0, 0.05) is 29.7 Å². The van der Waals surface area contributed by atoms with E-state index in [0.29, 0.717) is 6.42 Å². The predicted molar refractivity (Wildman–Crippen MR) is 149 cm³/mol. The highest BCUT2D eigenvalue weighted by atomic mass is 16.7. The summed E-state index contributed by atoms with van der Waals surface area (Å²) in [6, 6.07) is 3.26. The van der Waals surface area contributed by atoms with E-state index in [2.05, 4.69) is 61.6 Å².